The number of carbonyl (C=O) groups excluding carboxylic acids is 2. The first-order valence-electron chi connectivity index (χ1n) is 19.4. The monoisotopic (exact) mass is 735 g/mol. The lowest BCUT2D eigenvalue weighted by Crippen LogP contribution is -2.30. The first kappa shape index (κ1) is 48.5. The van der Waals surface area contributed by atoms with Gasteiger partial charge >= 0.3 is 19.7 Å². The Bertz CT molecular complexity index is 1070. The van der Waals surface area contributed by atoms with Gasteiger partial charge in [-0.2, -0.15) is 0 Å². The number of esters is 2. The second-order valence-electron chi connectivity index (χ2n) is 12.4. The standard InChI is InChI=1S/C41H70NO8P/c1-3-5-7-9-11-13-15-17-19-21-23-25-27-29-31-33-40(44)48-37-39(38-49-51(46,47)42-35-36-43)50-41(45)34-32-30-28-26-24-22-20-18-16-14-12-10-8-6-4-2/h5-8,11-14,17-20,39,43H,3-4,9-10,15-16,21-38H2,1-2H3,(H2,42,46,47)/t39-/m1/s1. The van der Waals surface area contributed by atoms with Crippen molar-refractivity contribution in [2.45, 2.75) is 148 Å². The summed E-state index contributed by atoms with van der Waals surface area (Å²) in [7, 11) is -4.22. The number of aliphatic hydroxyl groups is 1. The molecule has 0 aromatic rings. The van der Waals surface area contributed by atoms with Crippen molar-refractivity contribution >= 4 is 19.7 Å². The molecule has 0 spiro atoms. The van der Waals surface area contributed by atoms with Crippen LogP contribution in [-0.4, -0.2) is 54.4 Å². The predicted octanol–water partition coefficient (Wildman–Crippen LogP) is 10.3. The number of hydrogen-bond donors (Lipinski definition) is 3. The predicted molar refractivity (Wildman–Crippen MR) is 210 cm³/mol. The first-order valence-corrected chi connectivity index (χ1v) is 21.0. The highest BCUT2D eigenvalue weighted by molar-refractivity contribution is 7.50. The van der Waals surface area contributed by atoms with E-state index in [2.05, 4.69) is 91.8 Å². The fourth-order valence-electron chi connectivity index (χ4n) is 4.82. The Hall–Kier alpha value is -2.55. The van der Waals surface area contributed by atoms with Crippen LogP contribution >= 0.6 is 7.75 Å². The molecule has 0 heterocycles. The van der Waals surface area contributed by atoms with Gasteiger partial charge in [0.2, 0.25) is 0 Å². The van der Waals surface area contributed by atoms with E-state index in [0.29, 0.717) is 12.8 Å². The van der Waals surface area contributed by atoms with E-state index in [1.165, 1.54) is 0 Å². The number of unbranched alkanes of at least 4 members (excludes halogenated alkanes) is 10. The average Bonchev–Trinajstić information content (AvgIpc) is 3.11. The van der Waals surface area contributed by atoms with Crippen LogP contribution in [0.15, 0.2) is 72.9 Å². The number of ether oxygens (including phenoxy) is 2. The summed E-state index contributed by atoms with van der Waals surface area (Å²) in [6.07, 6.45) is 43.5. The molecule has 9 nitrogen and oxygen atoms in total. The zero-order valence-corrected chi connectivity index (χ0v) is 32.7. The maximum atomic E-state index is 12.5. The van der Waals surface area contributed by atoms with Crippen LogP contribution in [0, 0.1) is 0 Å². The van der Waals surface area contributed by atoms with Gasteiger partial charge in [0.1, 0.15) is 6.61 Å². The minimum Gasteiger partial charge on any atom is -0.462 e. The lowest BCUT2D eigenvalue weighted by atomic mass is 10.1. The number of hydrogen-bond acceptors (Lipinski definition) is 7. The lowest BCUT2D eigenvalue weighted by molar-refractivity contribution is -0.161. The minimum absolute atomic E-state index is 0.135. The molecule has 0 aliphatic carbocycles. The third-order valence-corrected chi connectivity index (χ3v) is 8.77. The molecule has 3 N–H and O–H groups in total. The summed E-state index contributed by atoms with van der Waals surface area (Å²) in [4.78, 5) is 34.8. The number of carbonyl (C=O) groups is 2. The second kappa shape index (κ2) is 37.2. The Labute approximate surface area is 310 Å². The van der Waals surface area contributed by atoms with Crippen molar-refractivity contribution in [3.05, 3.63) is 72.9 Å². The molecule has 0 aromatic heterocycles. The number of rotatable bonds is 35. The minimum atomic E-state index is -4.22. The maximum Gasteiger partial charge on any atom is 0.403 e. The van der Waals surface area contributed by atoms with Gasteiger partial charge in [-0.3, -0.25) is 14.1 Å². The van der Waals surface area contributed by atoms with E-state index in [-0.39, 0.29) is 32.6 Å². The van der Waals surface area contributed by atoms with Gasteiger partial charge in [0.25, 0.3) is 0 Å². The number of aliphatic hydroxyl groups excluding tert-OH is 1. The van der Waals surface area contributed by atoms with E-state index in [1.807, 2.05) is 0 Å². The van der Waals surface area contributed by atoms with Crippen LogP contribution in [0.4, 0.5) is 0 Å². The molecule has 0 saturated carbocycles. The van der Waals surface area contributed by atoms with Gasteiger partial charge < -0.3 is 19.5 Å². The fraction of sp³-hybridized carbons (Fsp3) is 0.659. The molecular weight excluding hydrogens is 665 g/mol. The van der Waals surface area contributed by atoms with Crippen molar-refractivity contribution in [3.8, 4) is 0 Å². The normalized spacial score (nSPS) is 14.2. The average molecular weight is 736 g/mol. The molecule has 0 bridgehead atoms. The highest BCUT2D eigenvalue weighted by Crippen LogP contribution is 2.36. The fourth-order valence-corrected chi connectivity index (χ4v) is 5.66. The summed E-state index contributed by atoms with van der Waals surface area (Å²) in [5.41, 5.74) is 0. The van der Waals surface area contributed by atoms with Gasteiger partial charge in [0.15, 0.2) is 6.10 Å². The van der Waals surface area contributed by atoms with Crippen molar-refractivity contribution in [1.29, 1.82) is 0 Å². The van der Waals surface area contributed by atoms with Crippen LogP contribution in [-0.2, 0) is 28.2 Å². The van der Waals surface area contributed by atoms with E-state index in [4.69, 9.17) is 19.1 Å². The molecule has 0 aromatic carbocycles. The lowest BCUT2D eigenvalue weighted by Gasteiger charge is -2.20. The Morgan fingerprint density at radius 1 is 0.608 bits per heavy atom. The summed E-state index contributed by atoms with van der Waals surface area (Å²) in [6, 6.07) is 0. The van der Waals surface area contributed by atoms with Gasteiger partial charge in [-0.1, -0.05) is 125 Å². The second-order valence-corrected chi connectivity index (χ2v) is 14.1. The Morgan fingerprint density at radius 2 is 1.04 bits per heavy atom. The van der Waals surface area contributed by atoms with Gasteiger partial charge in [-0.15, -0.1) is 0 Å². The summed E-state index contributed by atoms with van der Waals surface area (Å²) in [5.74, 6) is -0.878. The number of nitrogens with one attached hydrogen (secondary N) is 1. The quantitative estimate of drug-likeness (QED) is 0.0252. The molecule has 10 heteroatoms. The third-order valence-electron chi connectivity index (χ3n) is 7.65. The van der Waals surface area contributed by atoms with E-state index in [1.54, 1.807) is 0 Å². The van der Waals surface area contributed by atoms with Crippen LogP contribution < -0.4 is 5.09 Å². The third kappa shape index (κ3) is 37.0. The van der Waals surface area contributed by atoms with Crippen molar-refractivity contribution < 1.29 is 38.2 Å². The van der Waals surface area contributed by atoms with E-state index in [0.717, 1.165) is 103 Å². The van der Waals surface area contributed by atoms with Crippen molar-refractivity contribution in [2.75, 3.05) is 26.4 Å². The molecule has 51 heavy (non-hydrogen) atoms. The van der Waals surface area contributed by atoms with Crippen molar-refractivity contribution in [2.24, 2.45) is 0 Å². The van der Waals surface area contributed by atoms with Crippen LogP contribution in [0.2, 0.25) is 0 Å². The summed E-state index contributed by atoms with van der Waals surface area (Å²) in [5, 5.41) is 11.1. The van der Waals surface area contributed by atoms with Crippen molar-refractivity contribution in [3.63, 3.8) is 0 Å². The molecular formula is C41H70NO8P. The van der Waals surface area contributed by atoms with Gasteiger partial charge in [-0.25, -0.2) is 9.65 Å². The topological polar surface area (TPSA) is 131 Å². The van der Waals surface area contributed by atoms with Gasteiger partial charge in [0.05, 0.1) is 13.2 Å². The Morgan fingerprint density at radius 3 is 1.53 bits per heavy atom. The Kier molecular flexibility index (Phi) is 35.4. The van der Waals surface area contributed by atoms with Gasteiger partial charge in [0, 0.05) is 19.4 Å². The largest absolute Gasteiger partial charge is 0.462 e. The molecule has 1 unspecified atom stereocenters. The highest BCUT2D eigenvalue weighted by Gasteiger charge is 2.24. The van der Waals surface area contributed by atoms with E-state index >= 15 is 0 Å². The molecule has 0 saturated heterocycles. The van der Waals surface area contributed by atoms with Crippen LogP contribution in [0.3, 0.4) is 0 Å². The highest BCUT2D eigenvalue weighted by atomic mass is 31.2. The van der Waals surface area contributed by atoms with Crippen molar-refractivity contribution in [1.82, 2.24) is 5.09 Å². The van der Waals surface area contributed by atoms with Crippen LogP contribution in [0.25, 0.3) is 0 Å². The van der Waals surface area contributed by atoms with Crippen LogP contribution in [0.5, 0.6) is 0 Å². The molecule has 0 fully saturated rings. The molecule has 2 atom stereocenters. The summed E-state index contributed by atoms with van der Waals surface area (Å²) < 4.78 is 28.0. The summed E-state index contributed by atoms with van der Waals surface area (Å²) >= 11 is 0. The van der Waals surface area contributed by atoms with Gasteiger partial charge in [-0.05, 0) is 77.0 Å². The Balaban J connectivity index is 4.29. The molecule has 292 valence electrons. The molecule has 0 amide bonds. The van der Waals surface area contributed by atoms with Crippen LogP contribution in [0.1, 0.15) is 142 Å². The summed E-state index contributed by atoms with van der Waals surface area (Å²) in [6.45, 7) is 3.10. The molecule has 0 aliphatic rings. The smallest absolute Gasteiger partial charge is 0.403 e. The zero-order valence-electron chi connectivity index (χ0n) is 31.8. The van der Waals surface area contributed by atoms with E-state index < -0.39 is 32.4 Å². The number of allylic oxidation sites excluding steroid dienone is 12. The zero-order chi connectivity index (χ0) is 37.5. The molecule has 0 rings (SSSR count). The van der Waals surface area contributed by atoms with E-state index in [9.17, 15) is 19.0 Å². The maximum absolute atomic E-state index is 12.5. The SMILES string of the molecule is CCC=CCC=CCC=CCCCCCCCC(=O)OC[C@H](COP(=O)(O)NCCO)OC(=O)CCCCCCCC=CCC=CCC=CCC. The molecule has 0 radical (unpaired) electrons. The first-order chi connectivity index (χ1) is 24.8. The molecule has 0 aliphatic heterocycles.